The summed E-state index contributed by atoms with van der Waals surface area (Å²) in [4.78, 5) is 0. The molecule has 0 aromatic heterocycles. The number of nitrogens with one attached hydrogen (secondary N) is 1. The number of aliphatic hydroxyl groups excluding tert-OH is 2. The molecule has 0 amide bonds. The largest absolute Gasteiger partial charge is 0.389 e. The van der Waals surface area contributed by atoms with E-state index in [0.29, 0.717) is 0 Å². The molecule has 10 heavy (non-hydrogen) atoms. The molecule has 1 aliphatic heterocycles. The van der Waals surface area contributed by atoms with E-state index in [2.05, 4.69) is 5.32 Å². The number of hydrogen-bond acceptors (Lipinski definition) is 4. The summed E-state index contributed by atoms with van der Waals surface area (Å²) < 4.78 is 4.76. The van der Waals surface area contributed by atoms with Crippen molar-refractivity contribution in [2.75, 3.05) is 7.11 Å². The van der Waals surface area contributed by atoms with Gasteiger partial charge in [-0.05, 0) is 5.94 Å². The van der Waals surface area contributed by atoms with E-state index in [4.69, 9.17) is 22.8 Å². The molecule has 1 heterocycles. The molecule has 4 nitrogen and oxygen atoms in total. The Morgan fingerprint density at radius 2 is 2.00 bits per heavy atom. The average Bonchev–Trinajstić information content (AvgIpc) is 2.17. The molecule has 3 N–H and O–H groups in total. The second-order valence-corrected chi connectivity index (χ2v) is 2.33. The van der Waals surface area contributed by atoms with Gasteiger partial charge in [-0.1, -0.05) is 0 Å². The molecule has 0 bridgehead atoms. The van der Waals surface area contributed by atoms with Gasteiger partial charge < -0.3 is 14.9 Å². The second-order valence-electron chi connectivity index (χ2n) is 2.33. The first-order valence-electron chi connectivity index (χ1n) is 3.07. The lowest BCUT2D eigenvalue weighted by molar-refractivity contribution is -0.0416. The molecule has 0 aliphatic carbocycles. The summed E-state index contributed by atoms with van der Waals surface area (Å²) >= 11 is 0. The van der Waals surface area contributed by atoms with Crippen molar-refractivity contribution >= 4 is 7.85 Å². The molecule has 2 radical (unpaired) electrons. The Labute approximate surface area is 60.6 Å². The Balaban J connectivity index is 2.53. The molecule has 56 valence electrons. The number of hydrogen-bond donors (Lipinski definition) is 3. The van der Waals surface area contributed by atoms with Crippen LogP contribution in [0.1, 0.15) is 0 Å². The van der Waals surface area contributed by atoms with Gasteiger partial charge in [0.25, 0.3) is 0 Å². The molecule has 0 unspecified atom stereocenters. The van der Waals surface area contributed by atoms with Gasteiger partial charge >= 0.3 is 0 Å². The molecule has 0 saturated carbocycles. The quantitative estimate of drug-likeness (QED) is 0.364. The predicted octanol–water partition coefficient (Wildman–Crippen LogP) is -2.22. The Morgan fingerprint density at radius 3 is 2.20 bits per heavy atom. The fourth-order valence-electron chi connectivity index (χ4n) is 0.986. The van der Waals surface area contributed by atoms with Crippen LogP contribution in [0.25, 0.3) is 0 Å². The Hall–Kier alpha value is -0.0951. The molecule has 1 fully saturated rings. The molecule has 1 rings (SSSR count). The standard InChI is InChI=1S/C5H10BNO3/c1-10-5-3(9)2(8)4(6)7-5/h2-5,7-9H,1H3/t2-,3+,4-,5-/m1/s1. The minimum atomic E-state index is -0.940. The zero-order valence-electron chi connectivity index (χ0n) is 5.69. The van der Waals surface area contributed by atoms with Gasteiger partial charge in [0.2, 0.25) is 0 Å². The highest BCUT2D eigenvalue weighted by Crippen LogP contribution is 2.11. The van der Waals surface area contributed by atoms with Gasteiger partial charge in [-0.15, -0.1) is 0 Å². The highest BCUT2D eigenvalue weighted by atomic mass is 16.5. The summed E-state index contributed by atoms with van der Waals surface area (Å²) in [5, 5.41) is 20.8. The maximum absolute atomic E-state index is 9.11. The van der Waals surface area contributed by atoms with Crippen LogP contribution < -0.4 is 5.32 Å². The lowest BCUT2D eigenvalue weighted by atomic mass is 9.92. The normalized spacial score (nSPS) is 47.9. The van der Waals surface area contributed by atoms with E-state index in [1.807, 2.05) is 0 Å². The van der Waals surface area contributed by atoms with Crippen molar-refractivity contribution in [2.45, 2.75) is 24.4 Å². The lowest BCUT2D eigenvalue weighted by Crippen LogP contribution is -2.34. The topological polar surface area (TPSA) is 61.7 Å². The fourth-order valence-corrected chi connectivity index (χ4v) is 0.986. The van der Waals surface area contributed by atoms with E-state index >= 15 is 0 Å². The number of methoxy groups -OCH3 is 1. The highest BCUT2D eigenvalue weighted by molar-refractivity contribution is 6.12. The molecule has 4 atom stereocenters. The van der Waals surface area contributed by atoms with Crippen molar-refractivity contribution in [3.63, 3.8) is 0 Å². The summed E-state index contributed by atoms with van der Waals surface area (Å²) in [6.45, 7) is 0. The number of ether oxygens (including phenoxy) is 1. The number of rotatable bonds is 1. The van der Waals surface area contributed by atoms with E-state index in [1.54, 1.807) is 0 Å². The Kier molecular flexibility index (Phi) is 2.30. The average molecular weight is 143 g/mol. The van der Waals surface area contributed by atoms with Crippen molar-refractivity contribution in [1.29, 1.82) is 0 Å². The van der Waals surface area contributed by atoms with Crippen molar-refractivity contribution in [1.82, 2.24) is 5.32 Å². The zero-order chi connectivity index (χ0) is 7.72. The van der Waals surface area contributed by atoms with Crippen LogP contribution in [0, 0.1) is 0 Å². The maximum atomic E-state index is 9.11. The van der Waals surface area contributed by atoms with Gasteiger partial charge in [0.05, 0.1) is 14.0 Å². The van der Waals surface area contributed by atoms with Crippen molar-refractivity contribution in [3.05, 3.63) is 0 Å². The van der Waals surface area contributed by atoms with Crippen molar-refractivity contribution in [2.24, 2.45) is 0 Å². The van der Waals surface area contributed by atoms with Crippen LogP contribution in [0.2, 0.25) is 0 Å². The third kappa shape index (κ3) is 1.18. The van der Waals surface area contributed by atoms with Crippen molar-refractivity contribution in [3.8, 4) is 0 Å². The molecule has 1 aliphatic rings. The van der Waals surface area contributed by atoms with Gasteiger partial charge in [-0.3, -0.25) is 5.32 Å². The zero-order valence-corrected chi connectivity index (χ0v) is 5.69. The van der Waals surface area contributed by atoms with E-state index in [-0.39, 0.29) is 0 Å². The highest BCUT2D eigenvalue weighted by Gasteiger charge is 2.37. The molecule has 0 spiro atoms. The van der Waals surface area contributed by atoms with Crippen molar-refractivity contribution < 1.29 is 14.9 Å². The molecule has 0 aromatic carbocycles. The minimum absolute atomic E-state index is 0.551. The van der Waals surface area contributed by atoms with Gasteiger partial charge in [0.1, 0.15) is 12.3 Å². The van der Waals surface area contributed by atoms with Crippen LogP contribution in [0.4, 0.5) is 0 Å². The van der Waals surface area contributed by atoms with Crippen LogP contribution in [0.15, 0.2) is 0 Å². The van der Waals surface area contributed by atoms with Gasteiger partial charge in [0, 0.05) is 7.11 Å². The van der Waals surface area contributed by atoms with Gasteiger partial charge in [0.15, 0.2) is 0 Å². The monoisotopic (exact) mass is 143 g/mol. The van der Waals surface area contributed by atoms with Gasteiger partial charge in [-0.2, -0.15) is 0 Å². The third-order valence-electron chi connectivity index (χ3n) is 1.64. The predicted molar refractivity (Wildman–Crippen MR) is 35.5 cm³/mol. The first-order chi connectivity index (χ1) is 4.66. The molecule has 1 saturated heterocycles. The summed E-state index contributed by atoms with van der Waals surface area (Å²) in [6.07, 6.45) is -2.42. The SMILES string of the molecule is [B][C@@H]1N[C@H](OC)[C@@H](O)[C@H]1O. The van der Waals surface area contributed by atoms with E-state index in [1.165, 1.54) is 7.11 Å². The van der Waals surface area contributed by atoms with Crippen LogP contribution >= 0.6 is 0 Å². The van der Waals surface area contributed by atoms with Crippen LogP contribution in [0.5, 0.6) is 0 Å². The molecular weight excluding hydrogens is 133 g/mol. The van der Waals surface area contributed by atoms with E-state index < -0.39 is 24.4 Å². The second kappa shape index (κ2) is 2.88. The third-order valence-corrected chi connectivity index (χ3v) is 1.64. The lowest BCUT2D eigenvalue weighted by Gasteiger charge is -2.12. The maximum Gasteiger partial charge on any atom is 0.136 e. The van der Waals surface area contributed by atoms with Crippen LogP contribution in [-0.4, -0.2) is 49.5 Å². The first kappa shape index (κ1) is 8.01. The van der Waals surface area contributed by atoms with E-state index in [0.717, 1.165) is 0 Å². The molecular formula is C5H10BNO3. The first-order valence-corrected chi connectivity index (χ1v) is 3.07. The summed E-state index contributed by atoms with van der Waals surface area (Å²) in [5.41, 5.74) is 0. The van der Waals surface area contributed by atoms with Crippen LogP contribution in [-0.2, 0) is 4.74 Å². The van der Waals surface area contributed by atoms with Gasteiger partial charge in [-0.25, -0.2) is 0 Å². The Bertz CT molecular complexity index is 123. The fraction of sp³-hybridized carbons (Fsp3) is 1.00. The summed E-state index contributed by atoms with van der Waals surface area (Å²) in [5.74, 6) is -0.597. The smallest absolute Gasteiger partial charge is 0.136 e. The minimum Gasteiger partial charge on any atom is -0.389 e. The summed E-state index contributed by atoms with van der Waals surface area (Å²) in [6, 6.07) is 0. The van der Waals surface area contributed by atoms with E-state index in [9.17, 15) is 0 Å². The Morgan fingerprint density at radius 1 is 1.40 bits per heavy atom. The summed E-state index contributed by atoms with van der Waals surface area (Å²) in [7, 11) is 6.77. The van der Waals surface area contributed by atoms with Crippen LogP contribution in [0.3, 0.4) is 0 Å². The molecule has 5 heteroatoms. The molecule has 0 aromatic rings. The number of aliphatic hydroxyl groups is 2.